The van der Waals surface area contributed by atoms with E-state index in [1.54, 1.807) is 19.2 Å². The first-order valence-corrected chi connectivity index (χ1v) is 6.72. The third kappa shape index (κ3) is 2.81. The van der Waals surface area contributed by atoms with E-state index in [4.69, 9.17) is 4.42 Å². The van der Waals surface area contributed by atoms with E-state index in [2.05, 4.69) is 15.5 Å². The molecule has 0 aliphatic heterocycles. The molecule has 0 saturated carbocycles. The van der Waals surface area contributed by atoms with Gasteiger partial charge in [-0.2, -0.15) is 5.10 Å². The number of furan rings is 1. The van der Waals surface area contributed by atoms with E-state index in [9.17, 15) is 4.39 Å². The van der Waals surface area contributed by atoms with Crippen LogP contribution in [0, 0.1) is 19.7 Å². The van der Waals surface area contributed by atoms with Crippen LogP contribution in [-0.2, 0) is 6.54 Å². The normalized spacial score (nSPS) is 10.8. The van der Waals surface area contributed by atoms with Gasteiger partial charge in [-0.3, -0.25) is 5.10 Å². The van der Waals surface area contributed by atoms with E-state index in [1.807, 2.05) is 25.1 Å². The number of aryl methyl sites for hydroxylation is 2. The molecule has 0 radical (unpaired) electrons. The lowest BCUT2D eigenvalue weighted by molar-refractivity contribution is 0.545. The molecule has 0 fully saturated rings. The number of nitrogens with one attached hydrogen (secondary N) is 2. The lowest BCUT2D eigenvalue weighted by Crippen LogP contribution is -2.00. The van der Waals surface area contributed by atoms with E-state index < -0.39 is 0 Å². The van der Waals surface area contributed by atoms with E-state index in [0.717, 1.165) is 28.5 Å². The van der Waals surface area contributed by atoms with Gasteiger partial charge in [0.25, 0.3) is 0 Å². The van der Waals surface area contributed by atoms with Crippen molar-refractivity contribution in [3.05, 3.63) is 59.2 Å². The molecule has 3 rings (SSSR count). The van der Waals surface area contributed by atoms with Crippen molar-refractivity contribution >= 4 is 5.69 Å². The van der Waals surface area contributed by atoms with Crippen molar-refractivity contribution in [1.29, 1.82) is 0 Å². The van der Waals surface area contributed by atoms with Crippen LogP contribution in [0.5, 0.6) is 0 Å². The van der Waals surface area contributed by atoms with Gasteiger partial charge in [-0.1, -0.05) is 6.07 Å². The third-order valence-electron chi connectivity index (χ3n) is 3.36. The maximum absolute atomic E-state index is 13.5. The van der Waals surface area contributed by atoms with Gasteiger partial charge in [0.05, 0.1) is 6.20 Å². The highest BCUT2D eigenvalue weighted by Crippen LogP contribution is 2.24. The SMILES string of the molecule is Cc1ccc(-c2[nH]ncc2CNc2ccc(C)c(F)c2)o1. The molecule has 1 aromatic carbocycles. The van der Waals surface area contributed by atoms with Gasteiger partial charge >= 0.3 is 0 Å². The van der Waals surface area contributed by atoms with Gasteiger partial charge in [-0.15, -0.1) is 0 Å². The molecular weight excluding hydrogens is 269 g/mol. The number of hydrogen-bond donors (Lipinski definition) is 2. The summed E-state index contributed by atoms with van der Waals surface area (Å²) in [5.74, 6) is 1.38. The molecule has 21 heavy (non-hydrogen) atoms. The first-order valence-electron chi connectivity index (χ1n) is 6.72. The van der Waals surface area contributed by atoms with Crippen molar-refractivity contribution in [2.24, 2.45) is 0 Å². The summed E-state index contributed by atoms with van der Waals surface area (Å²) in [6.07, 6.45) is 1.74. The fourth-order valence-corrected chi connectivity index (χ4v) is 2.13. The van der Waals surface area contributed by atoms with Crippen LogP contribution in [0.25, 0.3) is 11.5 Å². The maximum atomic E-state index is 13.5. The Morgan fingerprint density at radius 1 is 1.24 bits per heavy atom. The maximum Gasteiger partial charge on any atom is 0.152 e. The van der Waals surface area contributed by atoms with Crippen LogP contribution in [0.3, 0.4) is 0 Å². The van der Waals surface area contributed by atoms with Gasteiger partial charge in [0, 0.05) is 17.8 Å². The summed E-state index contributed by atoms with van der Waals surface area (Å²) in [7, 11) is 0. The summed E-state index contributed by atoms with van der Waals surface area (Å²) in [4.78, 5) is 0. The second-order valence-electron chi connectivity index (χ2n) is 5.00. The Morgan fingerprint density at radius 3 is 2.81 bits per heavy atom. The van der Waals surface area contributed by atoms with Crippen LogP contribution in [0.4, 0.5) is 10.1 Å². The second kappa shape index (κ2) is 5.44. The monoisotopic (exact) mass is 285 g/mol. The first-order chi connectivity index (χ1) is 10.1. The lowest BCUT2D eigenvalue weighted by Gasteiger charge is -2.07. The van der Waals surface area contributed by atoms with Gasteiger partial charge < -0.3 is 9.73 Å². The highest BCUT2D eigenvalue weighted by molar-refractivity contribution is 5.58. The van der Waals surface area contributed by atoms with E-state index >= 15 is 0 Å². The number of aromatic amines is 1. The molecule has 2 heterocycles. The van der Waals surface area contributed by atoms with E-state index in [0.29, 0.717) is 12.1 Å². The van der Waals surface area contributed by atoms with Crippen LogP contribution in [0.2, 0.25) is 0 Å². The van der Waals surface area contributed by atoms with Gasteiger partial charge in [-0.25, -0.2) is 4.39 Å². The van der Waals surface area contributed by atoms with E-state index in [-0.39, 0.29) is 5.82 Å². The minimum atomic E-state index is -0.214. The molecule has 0 saturated heterocycles. The summed E-state index contributed by atoms with van der Waals surface area (Å²) in [6, 6.07) is 8.91. The minimum absolute atomic E-state index is 0.214. The summed E-state index contributed by atoms with van der Waals surface area (Å²) < 4.78 is 19.1. The molecule has 4 nitrogen and oxygen atoms in total. The fraction of sp³-hybridized carbons (Fsp3) is 0.188. The number of halogens is 1. The number of rotatable bonds is 4. The number of anilines is 1. The Balaban J connectivity index is 1.77. The molecule has 2 aromatic heterocycles. The predicted octanol–water partition coefficient (Wildman–Crippen LogP) is 4.04. The average molecular weight is 285 g/mol. The van der Waals surface area contributed by atoms with Crippen molar-refractivity contribution < 1.29 is 8.81 Å². The second-order valence-corrected chi connectivity index (χ2v) is 5.00. The molecule has 5 heteroatoms. The summed E-state index contributed by atoms with van der Waals surface area (Å²) in [5.41, 5.74) is 3.17. The van der Waals surface area contributed by atoms with Gasteiger partial charge in [0.15, 0.2) is 5.76 Å². The van der Waals surface area contributed by atoms with Crippen molar-refractivity contribution in [2.75, 3.05) is 5.32 Å². The molecular formula is C16H16FN3O. The zero-order chi connectivity index (χ0) is 14.8. The third-order valence-corrected chi connectivity index (χ3v) is 3.36. The number of aromatic nitrogens is 2. The Kier molecular flexibility index (Phi) is 3.48. The van der Waals surface area contributed by atoms with Gasteiger partial charge in [0.1, 0.15) is 17.3 Å². The quantitative estimate of drug-likeness (QED) is 0.760. The van der Waals surface area contributed by atoms with Gasteiger partial charge in [0.2, 0.25) is 0 Å². The Hall–Kier alpha value is -2.56. The first kappa shape index (κ1) is 13.4. The van der Waals surface area contributed by atoms with Crippen molar-refractivity contribution in [3.63, 3.8) is 0 Å². The average Bonchev–Trinajstić information content (AvgIpc) is 3.08. The Labute approximate surface area is 122 Å². The molecule has 0 aliphatic carbocycles. The number of nitrogens with zero attached hydrogens (tertiary/aromatic N) is 1. The molecule has 0 bridgehead atoms. The highest BCUT2D eigenvalue weighted by atomic mass is 19.1. The van der Waals surface area contributed by atoms with Crippen LogP contribution in [0.1, 0.15) is 16.9 Å². The van der Waals surface area contributed by atoms with Gasteiger partial charge in [-0.05, 0) is 43.7 Å². The highest BCUT2D eigenvalue weighted by Gasteiger charge is 2.11. The van der Waals surface area contributed by atoms with Crippen LogP contribution >= 0.6 is 0 Å². The molecule has 0 spiro atoms. The Bertz CT molecular complexity index is 760. The number of hydrogen-bond acceptors (Lipinski definition) is 3. The smallest absolute Gasteiger partial charge is 0.152 e. The lowest BCUT2D eigenvalue weighted by atomic mass is 10.2. The largest absolute Gasteiger partial charge is 0.460 e. The molecule has 3 aromatic rings. The molecule has 0 atom stereocenters. The topological polar surface area (TPSA) is 53.9 Å². The summed E-state index contributed by atoms with van der Waals surface area (Å²) in [6.45, 7) is 4.17. The number of H-pyrrole nitrogens is 1. The van der Waals surface area contributed by atoms with Crippen molar-refractivity contribution in [1.82, 2.24) is 10.2 Å². The van der Waals surface area contributed by atoms with Crippen molar-refractivity contribution in [2.45, 2.75) is 20.4 Å². The number of benzene rings is 1. The zero-order valence-corrected chi connectivity index (χ0v) is 11.9. The predicted molar refractivity (Wildman–Crippen MR) is 79.5 cm³/mol. The molecule has 0 unspecified atom stereocenters. The zero-order valence-electron chi connectivity index (χ0n) is 11.9. The standard InChI is InChI=1S/C16H16FN3O/c1-10-3-5-13(7-14(10)17)18-8-12-9-19-20-16(12)15-6-4-11(2)21-15/h3-7,9,18H,8H2,1-2H3,(H,19,20). The molecule has 0 amide bonds. The van der Waals surface area contributed by atoms with Crippen molar-refractivity contribution in [3.8, 4) is 11.5 Å². The van der Waals surface area contributed by atoms with Crippen LogP contribution < -0.4 is 5.32 Å². The van der Waals surface area contributed by atoms with Crippen LogP contribution in [-0.4, -0.2) is 10.2 Å². The minimum Gasteiger partial charge on any atom is -0.460 e. The Morgan fingerprint density at radius 2 is 2.10 bits per heavy atom. The fourth-order valence-electron chi connectivity index (χ4n) is 2.13. The molecule has 2 N–H and O–H groups in total. The van der Waals surface area contributed by atoms with Crippen LogP contribution in [0.15, 0.2) is 40.9 Å². The summed E-state index contributed by atoms with van der Waals surface area (Å²) >= 11 is 0. The summed E-state index contributed by atoms with van der Waals surface area (Å²) in [5, 5.41) is 10.2. The van der Waals surface area contributed by atoms with E-state index in [1.165, 1.54) is 6.07 Å². The molecule has 0 aliphatic rings. The molecule has 108 valence electrons.